The van der Waals surface area contributed by atoms with Crippen LogP contribution in [0.3, 0.4) is 0 Å². The number of aliphatic imine (C=N–C) groups is 1. The van der Waals surface area contributed by atoms with Gasteiger partial charge in [-0.2, -0.15) is 0 Å². The van der Waals surface area contributed by atoms with Gasteiger partial charge in [0.1, 0.15) is 23.0 Å². The summed E-state index contributed by atoms with van der Waals surface area (Å²) in [5.41, 5.74) is 1.74. The van der Waals surface area contributed by atoms with Crippen molar-refractivity contribution in [1.29, 1.82) is 0 Å². The van der Waals surface area contributed by atoms with Gasteiger partial charge in [-0.1, -0.05) is 59.8 Å². The average Bonchev–Trinajstić information content (AvgIpc) is 3.23. The van der Waals surface area contributed by atoms with E-state index in [0.29, 0.717) is 39.2 Å². The lowest BCUT2D eigenvalue weighted by Gasteiger charge is -2.15. The second kappa shape index (κ2) is 13.9. The summed E-state index contributed by atoms with van der Waals surface area (Å²) < 4.78 is 17.9. The summed E-state index contributed by atoms with van der Waals surface area (Å²) in [6, 6.07) is 19.6. The molecule has 0 bridgehead atoms. The average molecular weight is 690 g/mol. The summed E-state index contributed by atoms with van der Waals surface area (Å²) >= 11 is 9.45. The van der Waals surface area contributed by atoms with Gasteiger partial charge < -0.3 is 19.3 Å². The summed E-state index contributed by atoms with van der Waals surface area (Å²) in [5, 5.41) is 11.7. The maximum Gasteiger partial charge on any atom is 0.344 e. The molecule has 4 rings (SSSR count). The van der Waals surface area contributed by atoms with Crippen molar-refractivity contribution < 1.29 is 28.9 Å². The summed E-state index contributed by atoms with van der Waals surface area (Å²) in [6.45, 7) is 4.30. The van der Waals surface area contributed by atoms with Crippen LogP contribution in [-0.4, -0.2) is 35.2 Å². The zero-order valence-corrected chi connectivity index (χ0v) is 25.4. The number of aliphatic hydroxyl groups excluding tert-OH is 1. The lowest BCUT2D eigenvalue weighted by atomic mass is 10.1. The quantitative estimate of drug-likeness (QED) is 0.183. The minimum Gasteiger partial charge on any atom is -0.506 e. The fourth-order valence-electron chi connectivity index (χ4n) is 3.72. The number of thioether (sulfide) groups is 1. The van der Waals surface area contributed by atoms with E-state index >= 15 is 0 Å². The maximum atomic E-state index is 12.8. The highest BCUT2D eigenvalue weighted by molar-refractivity contribution is 14.1. The minimum absolute atomic E-state index is 0.0653. The Morgan fingerprint density at radius 2 is 1.75 bits per heavy atom. The van der Waals surface area contributed by atoms with Gasteiger partial charge in [0, 0.05) is 16.1 Å². The summed E-state index contributed by atoms with van der Waals surface area (Å²) in [6.07, 6.45) is 1.69. The number of benzene rings is 3. The molecular weight excluding hydrogens is 665 g/mol. The number of esters is 1. The number of hydrogen-bond acceptors (Lipinski definition) is 7. The van der Waals surface area contributed by atoms with E-state index in [1.807, 2.05) is 31.2 Å². The number of ether oxygens (including phenoxy) is 3. The van der Waals surface area contributed by atoms with Gasteiger partial charge in [0.2, 0.25) is 0 Å². The Hall–Kier alpha value is -3.28. The van der Waals surface area contributed by atoms with Crippen LogP contribution in [0.5, 0.6) is 11.5 Å². The third-order valence-corrected chi connectivity index (χ3v) is 7.74. The van der Waals surface area contributed by atoms with Gasteiger partial charge in [0.25, 0.3) is 5.91 Å². The highest BCUT2D eigenvalue weighted by Crippen LogP contribution is 2.41. The molecule has 1 aliphatic heterocycles. The number of aliphatic hydroxyl groups is 1. The number of rotatable bonds is 9. The molecule has 0 fully saturated rings. The first kappa shape index (κ1) is 29.7. The molecule has 0 spiro atoms. The molecule has 0 unspecified atom stereocenters. The first-order valence-electron chi connectivity index (χ1n) is 12.3. The summed E-state index contributed by atoms with van der Waals surface area (Å²) in [7, 11) is 0. The molecule has 0 saturated carbocycles. The molecule has 1 amide bonds. The Bertz CT molecular complexity index is 1520. The third-order valence-electron chi connectivity index (χ3n) is 5.55. The van der Waals surface area contributed by atoms with E-state index in [1.165, 1.54) is 0 Å². The predicted molar refractivity (Wildman–Crippen MR) is 166 cm³/mol. The monoisotopic (exact) mass is 689 g/mol. The molecule has 1 heterocycles. The van der Waals surface area contributed by atoms with Crippen LogP contribution >= 0.6 is 46.0 Å². The van der Waals surface area contributed by atoms with Gasteiger partial charge in [-0.25, -0.2) is 9.79 Å². The normalized spacial score (nSPS) is 15.0. The smallest absolute Gasteiger partial charge is 0.344 e. The van der Waals surface area contributed by atoms with Crippen LogP contribution < -0.4 is 9.47 Å². The Labute approximate surface area is 255 Å². The number of amides is 1. The van der Waals surface area contributed by atoms with Crippen LogP contribution in [0.15, 0.2) is 88.0 Å². The molecule has 7 nitrogen and oxygen atoms in total. The Balaban J connectivity index is 1.68. The maximum absolute atomic E-state index is 12.8. The summed E-state index contributed by atoms with van der Waals surface area (Å²) in [4.78, 5) is 30.0. The van der Waals surface area contributed by atoms with E-state index in [1.54, 1.807) is 55.5 Å². The van der Waals surface area contributed by atoms with E-state index in [0.717, 1.165) is 20.9 Å². The fourth-order valence-corrected chi connectivity index (χ4v) is 5.70. The lowest BCUT2D eigenvalue weighted by Crippen LogP contribution is -2.14. The van der Waals surface area contributed by atoms with Crippen molar-refractivity contribution >= 4 is 68.9 Å². The highest BCUT2D eigenvalue weighted by atomic mass is 127. The third kappa shape index (κ3) is 7.07. The molecule has 1 aliphatic rings. The van der Waals surface area contributed by atoms with Crippen LogP contribution in [0.2, 0.25) is 5.02 Å². The van der Waals surface area contributed by atoms with Gasteiger partial charge in [-0.15, -0.1) is 0 Å². The van der Waals surface area contributed by atoms with Gasteiger partial charge >= 0.3 is 5.97 Å². The molecule has 1 N–H and O–H groups in total. The molecule has 10 heteroatoms. The van der Waals surface area contributed by atoms with Crippen LogP contribution in [0.1, 0.15) is 35.3 Å². The van der Waals surface area contributed by atoms with E-state index < -0.39 is 11.9 Å². The minimum atomic E-state index is -0.761. The fraction of sp³-hybridized carbons (Fsp3) is 0.167. The van der Waals surface area contributed by atoms with Crippen LogP contribution in [0, 0.1) is 3.57 Å². The van der Waals surface area contributed by atoms with E-state index in [9.17, 15) is 14.7 Å². The van der Waals surface area contributed by atoms with Crippen molar-refractivity contribution in [2.75, 3.05) is 13.2 Å². The van der Waals surface area contributed by atoms with E-state index in [2.05, 4.69) is 27.6 Å². The standard InChI is InChI=1S/C30H25ClINO6S/c1-3-37-23-15-18(14-22(32)27(23)39-17-20-12-8-9-13-21(20)31)16-24-26(34)25(30(36)38-4-2)29(40-24)33-28(35)19-10-6-5-7-11-19/h5-16,34H,3-4,17H2,1-2H3/b24-16-,33-29?. The Morgan fingerprint density at radius 1 is 1.02 bits per heavy atom. The molecule has 3 aromatic carbocycles. The highest BCUT2D eigenvalue weighted by Gasteiger charge is 2.34. The largest absolute Gasteiger partial charge is 0.506 e. The molecule has 0 atom stereocenters. The van der Waals surface area contributed by atoms with Gasteiger partial charge in [-0.05, 0) is 78.4 Å². The zero-order chi connectivity index (χ0) is 28.6. The van der Waals surface area contributed by atoms with Crippen molar-refractivity contribution in [2.45, 2.75) is 20.5 Å². The Morgan fingerprint density at radius 3 is 2.45 bits per heavy atom. The topological polar surface area (TPSA) is 94.4 Å². The van der Waals surface area contributed by atoms with Gasteiger partial charge in [0.05, 0.1) is 21.7 Å². The molecule has 3 aromatic rings. The van der Waals surface area contributed by atoms with Crippen molar-refractivity contribution in [3.8, 4) is 11.5 Å². The van der Waals surface area contributed by atoms with Crippen molar-refractivity contribution in [3.63, 3.8) is 0 Å². The van der Waals surface area contributed by atoms with Gasteiger partial charge in [-0.3, -0.25) is 4.79 Å². The SMILES string of the molecule is CCOC(=O)C1=C(O)/C(=C/c2cc(I)c(OCc3ccccc3Cl)c(OCC)c2)SC1=NC(=O)c1ccccc1. The molecule has 40 heavy (non-hydrogen) atoms. The number of halogens is 2. The first-order chi connectivity index (χ1) is 19.3. The van der Waals surface area contributed by atoms with Crippen molar-refractivity contribution in [1.82, 2.24) is 0 Å². The Kier molecular flexibility index (Phi) is 10.3. The van der Waals surface area contributed by atoms with Crippen molar-refractivity contribution in [2.24, 2.45) is 4.99 Å². The van der Waals surface area contributed by atoms with Crippen LogP contribution in [0.25, 0.3) is 6.08 Å². The molecule has 0 aromatic heterocycles. The van der Waals surface area contributed by atoms with E-state index in [4.69, 9.17) is 25.8 Å². The lowest BCUT2D eigenvalue weighted by molar-refractivity contribution is -0.138. The molecule has 0 radical (unpaired) electrons. The molecule has 206 valence electrons. The number of carbonyl (C=O) groups is 2. The second-order valence-corrected chi connectivity index (χ2v) is 10.9. The molecule has 0 saturated heterocycles. The van der Waals surface area contributed by atoms with Crippen LogP contribution in [-0.2, 0) is 16.1 Å². The summed E-state index contributed by atoms with van der Waals surface area (Å²) in [5.74, 6) is -0.532. The van der Waals surface area contributed by atoms with Crippen molar-refractivity contribution in [3.05, 3.63) is 108 Å². The zero-order valence-electron chi connectivity index (χ0n) is 21.6. The van der Waals surface area contributed by atoms with Crippen LogP contribution in [0.4, 0.5) is 0 Å². The number of hydrogen-bond donors (Lipinski definition) is 1. The van der Waals surface area contributed by atoms with E-state index in [-0.39, 0.29) is 29.6 Å². The molecule has 0 aliphatic carbocycles. The number of nitrogens with zero attached hydrogens (tertiary/aromatic N) is 1. The first-order valence-corrected chi connectivity index (χ1v) is 14.6. The second-order valence-electron chi connectivity index (χ2n) is 8.29. The number of carbonyl (C=O) groups excluding carboxylic acids is 2. The predicted octanol–water partition coefficient (Wildman–Crippen LogP) is 7.62. The van der Waals surface area contributed by atoms with Gasteiger partial charge in [0.15, 0.2) is 11.5 Å². The molecular formula is C30H25ClINO6S.